The molecule has 402 valence electrons. The summed E-state index contributed by atoms with van der Waals surface area (Å²) in [5, 5.41) is 0. The normalized spacial score (nSPS) is 11.4. The summed E-state index contributed by atoms with van der Waals surface area (Å²) in [6.45, 7) is 0. The van der Waals surface area contributed by atoms with Gasteiger partial charge in [-0.05, 0) is 168 Å². The average Bonchev–Trinajstić information content (AvgIpc) is 3.51. The summed E-state index contributed by atoms with van der Waals surface area (Å²) in [7, 11) is 0. The smallest absolute Gasteiger partial charge is 0.343 e. The Bertz CT molecular complexity index is 3980. The lowest BCUT2D eigenvalue weighted by Crippen LogP contribution is -2.07. The van der Waals surface area contributed by atoms with E-state index in [4.69, 9.17) is 28.9 Å². The molecule has 3 aromatic heterocycles. The van der Waals surface area contributed by atoms with Crippen molar-refractivity contribution in [3.63, 3.8) is 0 Å². The summed E-state index contributed by atoms with van der Waals surface area (Å²) in [6.07, 6.45) is 7.89. The number of carbonyl (C=O) groups is 4. The number of nitrogens with zero attached hydrogens (tertiary/aromatic N) is 2. The minimum absolute atomic E-state index is 0.367. The van der Waals surface area contributed by atoms with E-state index in [1.807, 2.05) is 121 Å². The van der Waals surface area contributed by atoms with Crippen molar-refractivity contribution in [2.75, 3.05) is 0 Å². The Labute approximate surface area is 481 Å². The number of ether oxygens (including phenoxy) is 4. The molecule has 0 aliphatic carbocycles. The fraction of sp³-hybridized carbons (Fsp3) is 0. The van der Waals surface area contributed by atoms with Crippen LogP contribution in [-0.2, 0) is 0 Å². The number of aromatic nitrogens is 4. The van der Waals surface area contributed by atoms with Crippen molar-refractivity contribution in [2.24, 2.45) is 0 Å². The molecule has 2 aliphatic heterocycles. The van der Waals surface area contributed by atoms with Gasteiger partial charge in [-0.1, -0.05) is 121 Å². The number of rotatable bonds is 12. The van der Waals surface area contributed by atoms with Crippen LogP contribution >= 0.6 is 0 Å². The number of hydrogen-bond acceptors (Lipinski definition) is 10. The second kappa shape index (κ2) is 22.8. The fourth-order valence-electron chi connectivity index (χ4n) is 10.1. The first-order valence-corrected chi connectivity index (χ1v) is 26.9. The van der Waals surface area contributed by atoms with E-state index in [-0.39, 0.29) is 0 Å². The van der Waals surface area contributed by atoms with Crippen molar-refractivity contribution in [3.05, 3.63) is 288 Å². The maximum atomic E-state index is 13.2. The summed E-state index contributed by atoms with van der Waals surface area (Å²) >= 11 is 0. The van der Waals surface area contributed by atoms with E-state index in [0.29, 0.717) is 68.0 Å². The molecule has 2 aliphatic rings. The first-order chi connectivity index (χ1) is 41.2. The van der Waals surface area contributed by atoms with Crippen LogP contribution in [0.2, 0.25) is 0 Å². The lowest BCUT2D eigenvalue weighted by Gasteiger charge is -2.09. The summed E-state index contributed by atoms with van der Waals surface area (Å²) in [5.74, 6) is -0.444. The highest BCUT2D eigenvalue weighted by Crippen LogP contribution is 2.40. The van der Waals surface area contributed by atoms with Crippen molar-refractivity contribution >= 4 is 70.2 Å². The maximum absolute atomic E-state index is 13.2. The van der Waals surface area contributed by atoms with Gasteiger partial charge in [-0.25, -0.2) is 29.1 Å². The van der Waals surface area contributed by atoms with E-state index in [1.54, 1.807) is 146 Å². The number of nitrogens with one attached hydrogen (secondary N) is 2. The Morgan fingerprint density at radius 2 is 0.452 bits per heavy atom. The Morgan fingerprint density at radius 1 is 0.250 bits per heavy atom. The molecular weight excluding hydrogens is 1050 g/mol. The zero-order valence-electron chi connectivity index (χ0n) is 44.6. The van der Waals surface area contributed by atoms with Crippen molar-refractivity contribution in [3.8, 4) is 67.5 Å². The fourth-order valence-corrected chi connectivity index (χ4v) is 10.1. The van der Waals surface area contributed by atoms with Crippen LogP contribution in [0.1, 0.15) is 64.2 Å². The van der Waals surface area contributed by atoms with Crippen LogP contribution in [0.25, 0.3) is 90.9 Å². The van der Waals surface area contributed by atoms with Crippen LogP contribution < -0.4 is 18.9 Å². The molecule has 0 spiro atoms. The molecule has 5 heterocycles. The van der Waals surface area contributed by atoms with Gasteiger partial charge in [0.25, 0.3) is 0 Å². The van der Waals surface area contributed by atoms with Gasteiger partial charge in [0, 0.05) is 44.3 Å². The molecule has 0 atom stereocenters. The highest BCUT2D eigenvalue weighted by molar-refractivity contribution is 6.01. The number of benzene rings is 8. The van der Waals surface area contributed by atoms with Gasteiger partial charge < -0.3 is 28.9 Å². The third-order valence-electron chi connectivity index (χ3n) is 14.2. The van der Waals surface area contributed by atoms with E-state index < -0.39 is 23.9 Å². The second-order valence-electron chi connectivity index (χ2n) is 19.6. The number of carbonyl (C=O) groups excluding carboxylic acids is 4. The van der Waals surface area contributed by atoms with Gasteiger partial charge in [0.15, 0.2) is 0 Å². The summed E-state index contributed by atoms with van der Waals surface area (Å²) < 4.78 is 23.3. The molecule has 8 aromatic carbocycles. The highest BCUT2D eigenvalue weighted by Gasteiger charge is 2.21. The molecule has 11 aromatic rings. The number of fused-ring (bicyclic) bond motifs is 8. The molecule has 0 amide bonds. The van der Waals surface area contributed by atoms with Gasteiger partial charge in [-0.15, -0.1) is 0 Å². The first-order valence-electron chi connectivity index (χ1n) is 26.9. The molecule has 2 N–H and O–H groups in total. The van der Waals surface area contributed by atoms with Crippen LogP contribution in [0.15, 0.2) is 243 Å². The van der Waals surface area contributed by atoms with Gasteiger partial charge in [0.05, 0.1) is 45.0 Å². The molecule has 12 heteroatoms. The van der Waals surface area contributed by atoms with Gasteiger partial charge in [-0.3, -0.25) is 0 Å². The predicted molar refractivity (Wildman–Crippen MR) is 326 cm³/mol. The third-order valence-corrected chi connectivity index (χ3v) is 14.2. The molecule has 0 unspecified atom stereocenters. The molecule has 0 saturated carbocycles. The Balaban J connectivity index is 1.01. The number of aromatic amines is 2. The largest absolute Gasteiger partial charge is 0.423 e. The van der Waals surface area contributed by atoms with E-state index in [9.17, 15) is 19.2 Å². The molecule has 0 radical (unpaired) electrons. The summed E-state index contributed by atoms with van der Waals surface area (Å²) in [5.41, 5.74) is 13.3. The van der Waals surface area contributed by atoms with Gasteiger partial charge in [0.1, 0.15) is 23.0 Å². The van der Waals surface area contributed by atoms with Crippen molar-refractivity contribution in [1.29, 1.82) is 0 Å². The summed E-state index contributed by atoms with van der Waals surface area (Å²) in [4.78, 5) is 71.0. The van der Waals surface area contributed by atoms with Gasteiger partial charge in [-0.2, -0.15) is 0 Å². The monoisotopic (exact) mass is 1090 g/mol. The number of esters is 4. The molecule has 12 nitrogen and oxygen atoms in total. The van der Waals surface area contributed by atoms with Crippen molar-refractivity contribution in [2.45, 2.75) is 0 Å². The topological polar surface area (TPSA) is 163 Å². The molecule has 0 fully saturated rings. The maximum Gasteiger partial charge on any atom is 0.343 e. The molecule has 84 heavy (non-hydrogen) atoms. The predicted octanol–water partition coefficient (Wildman–Crippen LogP) is 16.2. The van der Waals surface area contributed by atoms with Crippen LogP contribution in [0.3, 0.4) is 0 Å². The third kappa shape index (κ3) is 10.8. The van der Waals surface area contributed by atoms with E-state index in [0.717, 1.165) is 66.6 Å². The van der Waals surface area contributed by atoms with Crippen LogP contribution in [0.5, 0.6) is 23.0 Å². The Hall–Kier alpha value is -11.8. The molecular formula is C72H46N4O8. The molecule has 13 rings (SSSR count). The number of H-pyrrole nitrogens is 2. The zero-order valence-corrected chi connectivity index (χ0v) is 44.6. The SMILES string of the molecule is O=C(Oc1ccc(-c2c3nc(c(-c4ccc(OC(=O)c5ccccc5)cc4)c4ccc([nH]4)c(-c4ccc(OC(=O)c5ccccc5)cc4)c4nc(c(-c5ccc(OC(=O)c6ccccc6)cc5)c5ccc2[nH]5)C=C4)C=C3)cc1)c1ccccc1. The summed E-state index contributed by atoms with van der Waals surface area (Å²) in [6, 6.07) is 72.6. The molecule has 8 bridgehead atoms. The average molecular weight is 1100 g/mol. The minimum atomic E-state index is -0.478. The highest BCUT2D eigenvalue weighted by atomic mass is 16.5. The van der Waals surface area contributed by atoms with Gasteiger partial charge >= 0.3 is 23.9 Å². The first kappa shape index (κ1) is 51.7. The van der Waals surface area contributed by atoms with Crippen LogP contribution in [-0.4, -0.2) is 43.8 Å². The minimum Gasteiger partial charge on any atom is -0.423 e. The van der Waals surface area contributed by atoms with Gasteiger partial charge in [0.2, 0.25) is 0 Å². The lowest BCUT2D eigenvalue weighted by atomic mass is 10.0. The quantitative estimate of drug-likeness (QED) is 0.0889. The van der Waals surface area contributed by atoms with Crippen molar-refractivity contribution in [1.82, 2.24) is 19.9 Å². The lowest BCUT2D eigenvalue weighted by molar-refractivity contribution is 0.0725. The van der Waals surface area contributed by atoms with E-state index >= 15 is 0 Å². The van der Waals surface area contributed by atoms with Crippen LogP contribution in [0.4, 0.5) is 0 Å². The zero-order chi connectivity index (χ0) is 56.9. The Kier molecular flexibility index (Phi) is 14.0. The second-order valence-corrected chi connectivity index (χ2v) is 19.6. The van der Waals surface area contributed by atoms with Crippen molar-refractivity contribution < 1.29 is 38.1 Å². The Morgan fingerprint density at radius 3 is 0.655 bits per heavy atom. The van der Waals surface area contributed by atoms with E-state index in [1.165, 1.54) is 0 Å². The molecule has 0 saturated heterocycles. The standard InChI is InChI=1S/C72H46N4O8/c77-69(49-13-5-1-6-14-49)81-53-29-21-45(22-30-53)65-57-37-39-59(73-57)66(46-23-31-54(32-24-46)82-70(78)50-15-7-2-8-16-50)61-41-43-63(75-61)68(48-27-35-56(36-28-48)84-72(80)52-19-11-4-12-20-52)64-44-42-62(76-64)67(60-40-38-58(65)74-60)47-25-33-55(34-26-47)83-71(79)51-17-9-3-10-18-51/h1-44,73,76H. The van der Waals surface area contributed by atoms with E-state index in [2.05, 4.69) is 9.97 Å². The van der Waals surface area contributed by atoms with Crippen LogP contribution in [0, 0.1) is 0 Å². The number of hydrogen-bond donors (Lipinski definition) is 2.